The van der Waals surface area contributed by atoms with Crippen LogP contribution in [-0.2, 0) is 17.8 Å². The molecule has 0 spiro atoms. The van der Waals surface area contributed by atoms with Crippen molar-refractivity contribution in [1.29, 1.82) is 0 Å². The third-order valence-corrected chi connectivity index (χ3v) is 7.20. The molecule has 2 fully saturated rings. The van der Waals surface area contributed by atoms with Gasteiger partial charge in [-0.05, 0) is 72.4 Å². The van der Waals surface area contributed by atoms with Crippen LogP contribution >= 0.6 is 0 Å². The average Bonchev–Trinajstić information content (AvgIpc) is 3.17. The maximum atomic E-state index is 12.8. The van der Waals surface area contributed by atoms with Gasteiger partial charge in [-0.2, -0.15) is 0 Å². The molecular weight excluding hydrogens is 404 g/mol. The summed E-state index contributed by atoms with van der Waals surface area (Å²) in [6.45, 7) is 5.02. The van der Waals surface area contributed by atoms with Crippen molar-refractivity contribution in [2.75, 3.05) is 23.7 Å². The number of aromatic nitrogens is 2. The third-order valence-electron chi connectivity index (χ3n) is 7.20. The molecule has 166 valence electrons. The topological polar surface area (TPSA) is 111 Å². The molecular formula is C23H28N8O. The normalized spacial score (nSPS) is 25.3. The second-order valence-electron chi connectivity index (χ2n) is 9.37. The fraction of sp³-hybridized carbons (Fsp3) is 0.435. The lowest BCUT2D eigenvalue weighted by Crippen LogP contribution is -2.39. The first-order valence-electron chi connectivity index (χ1n) is 11.3. The van der Waals surface area contributed by atoms with E-state index >= 15 is 0 Å². The monoisotopic (exact) mass is 432 g/mol. The van der Waals surface area contributed by atoms with Crippen LogP contribution in [0.3, 0.4) is 0 Å². The zero-order valence-electron chi connectivity index (χ0n) is 18.1. The fourth-order valence-corrected chi connectivity index (χ4v) is 5.18. The van der Waals surface area contributed by atoms with Crippen LogP contribution in [0.25, 0.3) is 0 Å². The number of piperidine rings is 1. The summed E-state index contributed by atoms with van der Waals surface area (Å²) >= 11 is 0. The van der Waals surface area contributed by atoms with Crippen molar-refractivity contribution in [1.82, 2.24) is 31.3 Å². The highest BCUT2D eigenvalue weighted by Crippen LogP contribution is 2.46. The van der Waals surface area contributed by atoms with Gasteiger partial charge in [-0.1, -0.05) is 0 Å². The van der Waals surface area contributed by atoms with Crippen LogP contribution < -0.4 is 26.9 Å². The van der Waals surface area contributed by atoms with E-state index in [9.17, 15) is 4.79 Å². The van der Waals surface area contributed by atoms with Gasteiger partial charge in [0.25, 0.3) is 5.91 Å². The molecule has 4 heterocycles. The zero-order chi connectivity index (χ0) is 21.8. The van der Waals surface area contributed by atoms with E-state index in [2.05, 4.69) is 39.2 Å². The van der Waals surface area contributed by atoms with E-state index in [1.807, 2.05) is 17.3 Å². The summed E-state index contributed by atoms with van der Waals surface area (Å²) in [5.41, 5.74) is 16.9. The van der Waals surface area contributed by atoms with Gasteiger partial charge in [0.05, 0.1) is 12.6 Å². The van der Waals surface area contributed by atoms with Gasteiger partial charge in [0.15, 0.2) is 0 Å². The maximum Gasteiger partial charge on any atom is 0.270 e. The van der Waals surface area contributed by atoms with Gasteiger partial charge in [-0.25, -0.2) is 9.97 Å². The Morgan fingerprint density at radius 1 is 1.31 bits per heavy atom. The first-order valence-corrected chi connectivity index (χ1v) is 11.3. The molecule has 2 aromatic rings. The summed E-state index contributed by atoms with van der Waals surface area (Å²) in [5.74, 6) is 3.26. The predicted octanol–water partition coefficient (Wildman–Crippen LogP) is 1.29. The van der Waals surface area contributed by atoms with Crippen molar-refractivity contribution in [3.05, 3.63) is 58.7 Å². The molecule has 9 heteroatoms. The Morgan fingerprint density at radius 2 is 2.16 bits per heavy atom. The number of hydrazine groups is 2. The summed E-state index contributed by atoms with van der Waals surface area (Å²) in [6.07, 6.45) is 8.50. The minimum absolute atomic E-state index is 0.0461. The van der Waals surface area contributed by atoms with E-state index in [0.717, 1.165) is 60.3 Å². The molecule has 2 aliphatic carbocycles. The number of carbonyl (C=O) groups excluding carboxylic acids is 1. The molecule has 0 bridgehead atoms. The molecule has 6 rings (SSSR count). The lowest BCUT2D eigenvalue weighted by Gasteiger charge is -2.21. The van der Waals surface area contributed by atoms with Crippen molar-refractivity contribution < 1.29 is 4.79 Å². The molecule has 1 amide bonds. The van der Waals surface area contributed by atoms with E-state index in [0.29, 0.717) is 18.1 Å². The highest BCUT2D eigenvalue weighted by atomic mass is 16.2. The molecule has 1 saturated heterocycles. The molecule has 3 atom stereocenters. The Bertz CT molecular complexity index is 1110. The Labute approximate surface area is 187 Å². The number of rotatable bonds is 5. The van der Waals surface area contributed by atoms with Crippen LogP contribution in [0.4, 0.5) is 11.6 Å². The van der Waals surface area contributed by atoms with Gasteiger partial charge in [-0.3, -0.25) is 15.2 Å². The van der Waals surface area contributed by atoms with E-state index in [1.54, 1.807) is 12.4 Å². The predicted molar refractivity (Wildman–Crippen MR) is 121 cm³/mol. The number of nitrogens with zero attached hydrogens (tertiary/aromatic N) is 4. The van der Waals surface area contributed by atoms with Gasteiger partial charge in [0.1, 0.15) is 17.3 Å². The Kier molecular flexibility index (Phi) is 4.46. The molecule has 1 saturated carbocycles. The molecule has 2 aliphatic heterocycles. The number of nitrogens with one attached hydrogen (secondary N) is 3. The zero-order valence-corrected chi connectivity index (χ0v) is 18.1. The Hall–Kier alpha value is -3.33. The van der Waals surface area contributed by atoms with Gasteiger partial charge >= 0.3 is 0 Å². The van der Waals surface area contributed by atoms with Gasteiger partial charge in [0, 0.05) is 31.7 Å². The number of anilines is 2. The van der Waals surface area contributed by atoms with Gasteiger partial charge in [0.2, 0.25) is 0 Å². The summed E-state index contributed by atoms with van der Waals surface area (Å²) < 4.78 is 0. The van der Waals surface area contributed by atoms with Crippen molar-refractivity contribution in [2.24, 2.45) is 11.8 Å². The van der Waals surface area contributed by atoms with Crippen LogP contribution in [0, 0.1) is 18.8 Å². The molecule has 2 aromatic heterocycles. The number of amides is 1. The van der Waals surface area contributed by atoms with E-state index < -0.39 is 0 Å². The molecule has 0 aromatic carbocycles. The number of fused-ring (bicyclic) bond motifs is 2. The standard InChI is InChI=1S/C23H28N8O/c1-13-6-21(30-9-14-7-15(14)10-30)26-8-16(13)11-31-12-20(28-29-31)23(32)27-19-3-2-18-17(19)4-5-25-22(18)24/h4-6,8,12,14-15,19,28-29H,2-3,7,9-11H2,1H3,(H2,24,25)(H,27,32)/t14?,15?,19-/m1/s1. The molecule has 4 aliphatic rings. The SMILES string of the molecule is Cc1cc(N2CC3CC3C2)ncc1CN1C=C(C(=O)N[C@@H]2CCc3c2ccnc3N)NN1. The van der Waals surface area contributed by atoms with Crippen LogP contribution in [0.5, 0.6) is 0 Å². The highest BCUT2D eigenvalue weighted by Gasteiger charge is 2.45. The largest absolute Gasteiger partial charge is 0.383 e. The second-order valence-corrected chi connectivity index (χ2v) is 9.37. The molecule has 2 unspecified atom stereocenters. The number of nitrogens with two attached hydrogens (primary N) is 1. The first-order chi connectivity index (χ1) is 15.5. The van der Waals surface area contributed by atoms with Gasteiger partial charge < -0.3 is 16.0 Å². The van der Waals surface area contributed by atoms with E-state index in [1.165, 1.54) is 12.0 Å². The fourth-order valence-electron chi connectivity index (χ4n) is 5.18. The Morgan fingerprint density at radius 3 is 2.97 bits per heavy atom. The van der Waals surface area contributed by atoms with Gasteiger partial charge in [-0.15, -0.1) is 5.53 Å². The first kappa shape index (κ1) is 19.4. The van der Waals surface area contributed by atoms with Crippen molar-refractivity contribution in [3.8, 4) is 0 Å². The van der Waals surface area contributed by atoms with Crippen molar-refractivity contribution in [2.45, 2.75) is 38.8 Å². The maximum absolute atomic E-state index is 12.8. The number of carbonyl (C=O) groups is 1. The van der Waals surface area contributed by atoms with E-state index in [-0.39, 0.29) is 11.9 Å². The molecule has 5 N–H and O–H groups in total. The quantitative estimate of drug-likeness (QED) is 0.559. The van der Waals surface area contributed by atoms with Crippen LogP contribution in [0.2, 0.25) is 0 Å². The van der Waals surface area contributed by atoms with E-state index in [4.69, 9.17) is 10.7 Å². The number of pyridine rings is 2. The van der Waals surface area contributed by atoms with Crippen molar-refractivity contribution in [3.63, 3.8) is 0 Å². The summed E-state index contributed by atoms with van der Waals surface area (Å²) in [6, 6.07) is 4.07. The molecule has 32 heavy (non-hydrogen) atoms. The van der Waals surface area contributed by atoms with Crippen LogP contribution in [-0.4, -0.2) is 34.0 Å². The number of nitrogen functional groups attached to an aromatic ring is 1. The van der Waals surface area contributed by atoms with Crippen LogP contribution in [0.15, 0.2) is 36.4 Å². The molecule has 9 nitrogen and oxygen atoms in total. The average molecular weight is 433 g/mol. The minimum atomic E-state index is -0.147. The summed E-state index contributed by atoms with van der Waals surface area (Å²) in [7, 11) is 0. The summed E-state index contributed by atoms with van der Waals surface area (Å²) in [5, 5.41) is 4.98. The lowest BCUT2D eigenvalue weighted by atomic mass is 10.1. The molecule has 0 radical (unpaired) electrons. The number of hydrogen-bond donors (Lipinski definition) is 4. The lowest BCUT2D eigenvalue weighted by molar-refractivity contribution is -0.118. The minimum Gasteiger partial charge on any atom is -0.383 e. The number of aryl methyl sites for hydroxylation is 1. The second kappa shape index (κ2) is 7.37. The number of hydrogen-bond acceptors (Lipinski definition) is 8. The van der Waals surface area contributed by atoms with Crippen LogP contribution in [0.1, 0.15) is 41.1 Å². The third kappa shape index (κ3) is 3.42. The highest BCUT2D eigenvalue weighted by molar-refractivity contribution is 5.93. The smallest absolute Gasteiger partial charge is 0.270 e. The Balaban J connectivity index is 1.09. The van der Waals surface area contributed by atoms with Crippen molar-refractivity contribution >= 4 is 17.5 Å². The summed E-state index contributed by atoms with van der Waals surface area (Å²) in [4.78, 5) is 24.1.